The van der Waals surface area contributed by atoms with Crippen LogP contribution in [0.25, 0.3) is 0 Å². The highest BCUT2D eigenvalue weighted by Crippen LogP contribution is 2.29. The Hall–Kier alpha value is 0.200. The molecule has 1 rings (SSSR count). The minimum atomic E-state index is -0.170. The van der Waals surface area contributed by atoms with Crippen molar-refractivity contribution in [1.29, 1.82) is 0 Å². The maximum Gasteiger partial charge on any atom is 0.231 e. The topological polar surface area (TPSA) is 33.1 Å². The fourth-order valence-corrected chi connectivity index (χ4v) is 1.32. The molecule has 1 aromatic heterocycles. The SMILES string of the molecule is Oc1nc(Br)c(Br)cc1Cl. The Balaban J connectivity index is 3.28. The van der Waals surface area contributed by atoms with Gasteiger partial charge in [-0.25, -0.2) is 4.98 Å². The van der Waals surface area contributed by atoms with E-state index in [0.717, 1.165) is 4.47 Å². The van der Waals surface area contributed by atoms with Crippen LogP contribution in [0.2, 0.25) is 5.02 Å². The summed E-state index contributed by atoms with van der Waals surface area (Å²) in [6.07, 6.45) is 0. The lowest BCUT2D eigenvalue weighted by Crippen LogP contribution is -1.78. The van der Waals surface area contributed by atoms with Crippen LogP contribution in [0, 0.1) is 0 Å². The minimum absolute atomic E-state index is 0.170. The first-order valence-electron chi connectivity index (χ1n) is 2.32. The van der Waals surface area contributed by atoms with Gasteiger partial charge in [0.25, 0.3) is 0 Å². The molecule has 0 amide bonds. The molecule has 54 valence electrons. The molecule has 5 heteroatoms. The van der Waals surface area contributed by atoms with E-state index in [0.29, 0.717) is 4.60 Å². The maximum absolute atomic E-state index is 8.93. The predicted octanol–water partition coefficient (Wildman–Crippen LogP) is 2.97. The van der Waals surface area contributed by atoms with Crippen LogP contribution in [0.1, 0.15) is 0 Å². The summed E-state index contributed by atoms with van der Waals surface area (Å²) in [5.74, 6) is -0.170. The molecule has 0 unspecified atom stereocenters. The number of hydrogen-bond acceptors (Lipinski definition) is 2. The van der Waals surface area contributed by atoms with Crippen LogP contribution in [0.3, 0.4) is 0 Å². The quantitative estimate of drug-likeness (QED) is 0.744. The predicted molar refractivity (Wildman–Crippen MR) is 46.3 cm³/mol. The summed E-state index contributed by atoms with van der Waals surface area (Å²) in [6, 6.07) is 1.56. The van der Waals surface area contributed by atoms with E-state index in [1.54, 1.807) is 6.07 Å². The van der Waals surface area contributed by atoms with Crippen molar-refractivity contribution in [3.05, 3.63) is 20.2 Å². The molecule has 10 heavy (non-hydrogen) atoms. The lowest BCUT2D eigenvalue weighted by atomic mass is 10.5. The van der Waals surface area contributed by atoms with Gasteiger partial charge in [0.15, 0.2) is 0 Å². The van der Waals surface area contributed by atoms with E-state index in [1.807, 2.05) is 0 Å². The summed E-state index contributed by atoms with van der Waals surface area (Å²) in [4.78, 5) is 3.67. The summed E-state index contributed by atoms with van der Waals surface area (Å²) >= 11 is 11.8. The van der Waals surface area contributed by atoms with Crippen LogP contribution < -0.4 is 0 Å². The molecule has 1 heterocycles. The Morgan fingerprint density at radius 1 is 1.50 bits per heavy atom. The second-order valence-electron chi connectivity index (χ2n) is 1.57. The van der Waals surface area contributed by atoms with E-state index >= 15 is 0 Å². The van der Waals surface area contributed by atoms with Gasteiger partial charge in [0, 0.05) is 0 Å². The first-order chi connectivity index (χ1) is 4.61. The fourth-order valence-electron chi connectivity index (χ4n) is 0.435. The first kappa shape index (κ1) is 8.30. The Morgan fingerprint density at radius 3 is 2.60 bits per heavy atom. The fraction of sp³-hybridized carbons (Fsp3) is 0. The number of nitrogens with zero attached hydrogens (tertiary/aromatic N) is 1. The van der Waals surface area contributed by atoms with E-state index in [2.05, 4.69) is 36.8 Å². The molecule has 0 atom stereocenters. The molecular weight excluding hydrogens is 285 g/mol. The molecular formula is C5H2Br2ClNO. The second kappa shape index (κ2) is 3.07. The zero-order valence-electron chi connectivity index (χ0n) is 4.61. The van der Waals surface area contributed by atoms with E-state index < -0.39 is 0 Å². The van der Waals surface area contributed by atoms with Crippen molar-refractivity contribution >= 4 is 43.5 Å². The zero-order chi connectivity index (χ0) is 7.72. The monoisotopic (exact) mass is 285 g/mol. The number of hydrogen-bond donors (Lipinski definition) is 1. The maximum atomic E-state index is 8.93. The molecule has 1 aromatic rings. The standard InChI is InChI=1S/C5H2Br2ClNO/c6-2-1-3(8)5(10)9-4(2)7/h1H,(H,9,10). The summed E-state index contributed by atoms with van der Waals surface area (Å²) in [6.45, 7) is 0. The van der Waals surface area contributed by atoms with E-state index in [9.17, 15) is 0 Å². The highest BCUT2D eigenvalue weighted by molar-refractivity contribution is 9.13. The molecule has 0 aliphatic rings. The van der Waals surface area contributed by atoms with Crippen molar-refractivity contribution in [1.82, 2.24) is 4.98 Å². The van der Waals surface area contributed by atoms with E-state index in [-0.39, 0.29) is 10.9 Å². The molecule has 0 radical (unpaired) electrons. The normalized spacial score (nSPS) is 9.90. The average molecular weight is 287 g/mol. The van der Waals surface area contributed by atoms with Gasteiger partial charge in [0.05, 0.1) is 4.47 Å². The van der Waals surface area contributed by atoms with Gasteiger partial charge in [-0.05, 0) is 37.9 Å². The van der Waals surface area contributed by atoms with Gasteiger partial charge in [0.1, 0.15) is 9.63 Å². The Kier molecular flexibility index (Phi) is 2.55. The average Bonchev–Trinajstić information content (AvgIpc) is 1.84. The zero-order valence-corrected chi connectivity index (χ0v) is 8.53. The molecule has 0 saturated heterocycles. The largest absolute Gasteiger partial charge is 0.492 e. The van der Waals surface area contributed by atoms with E-state index in [4.69, 9.17) is 16.7 Å². The van der Waals surface area contributed by atoms with Crippen LogP contribution in [-0.2, 0) is 0 Å². The van der Waals surface area contributed by atoms with Gasteiger partial charge in [-0.2, -0.15) is 0 Å². The summed E-state index contributed by atoms with van der Waals surface area (Å²) in [5.41, 5.74) is 0. The van der Waals surface area contributed by atoms with Gasteiger partial charge >= 0.3 is 0 Å². The van der Waals surface area contributed by atoms with Gasteiger partial charge in [-0.15, -0.1) is 0 Å². The lowest BCUT2D eigenvalue weighted by molar-refractivity contribution is 0.452. The first-order valence-corrected chi connectivity index (χ1v) is 4.28. The molecule has 0 saturated carbocycles. The number of rotatable bonds is 0. The van der Waals surface area contributed by atoms with Crippen molar-refractivity contribution in [2.45, 2.75) is 0 Å². The number of pyridine rings is 1. The highest BCUT2D eigenvalue weighted by atomic mass is 79.9. The van der Waals surface area contributed by atoms with Crippen molar-refractivity contribution in [2.24, 2.45) is 0 Å². The Labute approximate surface area is 79.5 Å². The molecule has 1 N–H and O–H groups in total. The van der Waals surface area contributed by atoms with Gasteiger partial charge in [-0.1, -0.05) is 11.6 Å². The van der Waals surface area contributed by atoms with Crippen LogP contribution >= 0.6 is 43.5 Å². The number of halogens is 3. The van der Waals surface area contributed by atoms with Crippen molar-refractivity contribution in [3.63, 3.8) is 0 Å². The molecule has 0 spiro atoms. The molecule has 2 nitrogen and oxygen atoms in total. The summed E-state index contributed by atoms with van der Waals surface area (Å²) in [5, 5.41) is 9.16. The number of aromatic nitrogens is 1. The molecule has 0 aliphatic carbocycles. The van der Waals surface area contributed by atoms with Crippen LogP contribution in [0.4, 0.5) is 0 Å². The van der Waals surface area contributed by atoms with Crippen molar-refractivity contribution < 1.29 is 5.11 Å². The Morgan fingerprint density at radius 2 is 2.10 bits per heavy atom. The molecule has 0 bridgehead atoms. The molecule has 0 aliphatic heterocycles. The third kappa shape index (κ3) is 1.62. The minimum Gasteiger partial charge on any atom is -0.492 e. The van der Waals surface area contributed by atoms with Crippen LogP contribution in [0.5, 0.6) is 5.88 Å². The van der Waals surface area contributed by atoms with E-state index in [1.165, 1.54) is 0 Å². The van der Waals surface area contributed by atoms with Crippen LogP contribution in [-0.4, -0.2) is 10.1 Å². The third-order valence-corrected chi connectivity index (χ3v) is 2.89. The Bertz CT molecular complexity index is 216. The lowest BCUT2D eigenvalue weighted by Gasteiger charge is -1.97. The summed E-state index contributed by atoms with van der Waals surface area (Å²) < 4.78 is 1.25. The molecule has 0 fully saturated rings. The smallest absolute Gasteiger partial charge is 0.231 e. The number of aromatic hydroxyl groups is 1. The third-order valence-electron chi connectivity index (χ3n) is 0.868. The van der Waals surface area contributed by atoms with Crippen molar-refractivity contribution in [2.75, 3.05) is 0 Å². The highest BCUT2D eigenvalue weighted by Gasteiger charge is 2.03. The van der Waals surface area contributed by atoms with Crippen molar-refractivity contribution in [3.8, 4) is 5.88 Å². The van der Waals surface area contributed by atoms with Gasteiger partial charge < -0.3 is 5.11 Å². The van der Waals surface area contributed by atoms with Gasteiger partial charge in [-0.3, -0.25) is 0 Å². The van der Waals surface area contributed by atoms with Crippen LogP contribution in [0.15, 0.2) is 15.1 Å². The summed E-state index contributed by atoms with van der Waals surface area (Å²) in [7, 11) is 0. The van der Waals surface area contributed by atoms with Gasteiger partial charge in [0.2, 0.25) is 5.88 Å². The molecule has 0 aromatic carbocycles. The second-order valence-corrected chi connectivity index (χ2v) is 3.58.